The van der Waals surface area contributed by atoms with Gasteiger partial charge in [0, 0.05) is 13.1 Å². The lowest BCUT2D eigenvalue weighted by Crippen LogP contribution is -2.45. The molecule has 2 aromatic carbocycles. The lowest BCUT2D eigenvalue weighted by atomic mass is 9.82. The number of carboxylic acid groups (broad SMARTS) is 2. The molecule has 268 valence electrons. The quantitative estimate of drug-likeness (QED) is 0.143. The van der Waals surface area contributed by atoms with Crippen LogP contribution in [0.3, 0.4) is 0 Å². The number of aliphatic carboxylic acids is 2. The van der Waals surface area contributed by atoms with E-state index < -0.39 is 58.0 Å². The number of nitrogens with one attached hydrogen (secondary N) is 1. The maximum Gasteiger partial charge on any atom is 0.519 e. The van der Waals surface area contributed by atoms with Crippen molar-refractivity contribution in [3.8, 4) is 0 Å². The molecule has 0 aliphatic carbocycles. The number of amides is 1. The maximum atomic E-state index is 11.6. The van der Waals surface area contributed by atoms with Crippen LogP contribution in [0, 0.1) is 0 Å². The monoisotopic (exact) mass is 676 g/mol. The SMILES string of the molecule is CC(C)(C)OC(=O)NCC(C)(C(=O)O)c1ccccc1.CC(C)(C)OC(=O)OC(=O)OC(C)(C)C.CC(CN)(C(=O)O)c1ccccc1. The normalized spacial score (nSPS) is 13.7. The van der Waals surface area contributed by atoms with Gasteiger partial charge in [-0.3, -0.25) is 9.59 Å². The lowest BCUT2D eigenvalue weighted by Gasteiger charge is -2.27. The van der Waals surface area contributed by atoms with Crippen LogP contribution >= 0.6 is 0 Å². The van der Waals surface area contributed by atoms with Crippen LogP contribution in [-0.2, 0) is 39.4 Å². The van der Waals surface area contributed by atoms with Crippen molar-refractivity contribution in [1.29, 1.82) is 0 Å². The number of nitrogens with two attached hydrogens (primary N) is 1. The number of ether oxygens (including phenoxy) is 4. The van der Waals surface area contributed by atoms with Gasteiger partial charge in [0.1, 0.15) is 27.6 Å². The summed E-state index contributed by atoms with van der Waals surface area (Å²) in [7, 11) is 0. The summed E-state index contributed by atoms with van der Waals surface area (Å²) in [6.07, 6.45) is -2.74. The van der Waals surface area contributed by atoms with Crippen LogP contribution in [0.5, 0.6) is 0 Å². The topological polar surface area (TPSA) is 201 Å². The highest BCUT2D eigenvalue weighted by atomic mass is 16.8. The summed E-state index contributed by atoms with van der Waals surface area (Å²) in [6, 6.07) is 17.8. The summed E-state index contributed by atoms with van der Waals surface area (Å²) in [6.45, 7) is 18.5. The molecule has 5 N–H and O–H groups in total. The Kier molecular flexibility index (Phi) is 16.3. The number of carboxylic acids is 2. The molecule has 2 unspecified atom stereocenters. The highest BCUT2D eigenvalue weighted by Gasteiger charge is 2.36. The Hall–Kier alpha value is -4.65. The third-order valence-electron chi connectivity index (χ3n) is 6.11. The molecule has 2 aromatic rings. The molecule has 0 spiro atoms. The summed E-state index contributed by atoms with van der Waals surface area (Å²) in [5.74, 6) is -1.89. The van der Waals surface area contributed by atoms with E-state index >= 15 is 0 Å². The van der Waals surface area contributed by atoms with Crippen LogP contribution in [0.4, 0.5) is 14.4 Å². The van der Waals surface area contributed by atoms with Crippen LogP contribution in [-0.4, -0.2) is 70.4 Å². The minimum Gasteiger partial charge on any atom is -0.481 e. The Bertz CT molecular complexity index is 1320. The minimum atomic E-state index is -1.20. The molecule has 13 heteroatoms. The first kappa shape index (κ1) is 43.4. The molecule has 0 fully saturated rings. The van der Waals surface area contributed by atoms with Crippen molar-refractivity contribution in [1.82, 2.24) is 5.32 Å². The molecule has 0 aromatic heterocycles. The predicted molar refractivity (Wildman–Crippen MR) is 180 cm³/mol. The summed E-state index contributed by atoms with van der Waals surface area (Å²) < 4.78 is 18.9. The molecule has 0 heterocycles. The zero-order valence-corrected chi connectivity index (χ0v) is 29.8. The standard InChI is InChI=1S/C15H21NO4.C10H13NO2.C10H18O5/c1-14(2,3)20-13(19)16-10-15(4,12(17)18)11-8-6-5-7-9-11;1-10(7-11,9(12)13)8-5-3-2-4-6-8;1-9(2,3)14-7(11)13-8(12)15-10(4,5)6/h5-9H,10H2,1-4H3,(H,16,19)(H,17,18);2-6H,7,11H2,1H3,(H,12,13);1-6H3. The summed E-state index contributed by atoms with van der Waals surface area (Å²) in [5.41, 5.74) is 2.66. The molecule has 0 bridgehead atoms. The fourth-order valence-corrected chi connectivity index (χ4v) is 3.41. The number of rotatable bonds is 7. The van der Waals surface area contributed by atoms with Crippen LogP contribution in [0.15, 0.2) is 60.7 Å². The van der Waals surface area contributed by atoms with Gasteiger partial charge in [-0.05, 0) is 87.3 Å². The van der Waals surface area contributed by atoms with Gasteiger partial charge in [-0.2, -0.15) is 0 Å². The largest absolute Gasteiger partial charge is 0.519 e. The second-order valence-corrected chi connectivity index (χ2v) is 14.1. The summed E-state index contributed by atoms with van der Waals surface area (Å²) >= 11 is 0. The number of hydrogen-bond acceptors (Lipinski definition) is 10. The Morgan fingerprint density at radius 1 is 0.583 bits per heavy atom. The molecule has 0 aliphatic rings. The fourth-order valence-electron chi connectivity index (χ4n) is 3.41. The fraction of sp³-hybridized carbons (Fsp3) is 0.514. The van der Waals surface area contributed by atoms with Gasteiger partial charge >= 0.3 is 30.3 Å². The zero-order chi connectivity index (χ0) is 37.6. The van der Waals surface area contributed by atoms with Crippen molar-refractivity contribution < 1.29 is 53.1 Å². The first-order valence-electron chi connectivity index (χ1n) is 15.1. The van der Waals surface area contributed by atoms with E-state index in [1.807, 2.05) is 24.3 Å². The molecule has 0 saturated carbocycles. The van der Waals surface area contributed by atoms with Gasteiger partial charge in [0.25, 0.3) is 0 Å². The van der Waals surface area contributed by atoms with Gasteiger partial charge in [-0.15, -0.1) is 0 Å². The van der Waals surface area contributed by atoms with E-state index in [1.54, 1.807) is 113 Å². The number of hydrogen-bond donors (Lipinski definition) is 4. The minimum absolute atomic E-state index is 0.0404. The van der Waals surface area contributed by atoms with Crippen molar-refractivity contribution in [2.45, 2.75) is 104 Å². The molecule has 0 aliphatic heterocycles. The van der Waals surface area contributed by atoms with Crippen LogP contribution in [0.1, 0.15) is 87.3 Å². The first-order valence-corrected chi connectivity index (χ1v) is 15.1. The van der Waals surface area contributed by atoms with E-state index in [0.717, 1.165) is 5.56 Å². The smallest absolute Gasteiger partial charge is 0.481 e. The molecule has 48 heavy (non-hydrogen) atoms. The Morgan fingerprint density at radius 3 is 1.21 bits per heavy atom. The van der Waals surface area contributed by atoms with E-state index in [-0.39, 0.29) is 13.1 Å². The molecular formula is C35H52N2O11. The predicted octanol–water partition coefficient (Wildman–Crippen LogP) is 6.41. The number of carbonyl (C=O) groups is 5. The van der Waals surface area contributed by atoms with E-state index in [4.69, 9.17) is 25.1 Å². The van der Waals surface area contributed by atoms with Gasteiger partial charge in [0.05, 0.1) is 0 Å². The zero-order valence-electron chi connectivity index (χ0n) is 29.8. The molecule has 13 nitrogen and oxygen atoms in total. The highest BCUT2D eigenvalue weighted by molar-refractivity contribution is 5.82. The lowest BCUT2D eigenvalue weighted by molar-refractivity contribution is -0.143. The number of alkyl carbamates (subject to hydrolysis) is 1. The van der Waals surface area contributed by atoms with Gasteiger partial charge in [0.2, 0.25) is 0 Å². The summed E-state index contributed by atoms with van der Waals surface area (Å²) in [4.78, 5) is 56.2. The van der Waals surface area contributed by atoms with Crippen molar-refractivity contribution >= 4 is 30.3 Å². The van der Waals surface area contributed by atoms with E-state index in [1.165, 1.54) is 0 Å². The molecule has 2 atom stereocenters. The number of carbonyl (C=O) groups excluding carboxylic acids is 3. The molecule has 2 rings (SSSR count). The molecule has 1 amide bonds. The maximum absolute atomic E-state index is 11.6. The van der Waals surface area contributed by atoms with Crippen LogP contribution < -0.4 is 11.1 Å². The van der Waals surface area contributed by atoms with Gasteiger partial charge < -0.3 is 40.2 Å². The van der Waals surface area contributed by atoms with Gasteiger partial charge in [-0.1, -0.05) is 60.7 Å². The van der Waals surface area contributed by atoms with Crippen LogP contribution in [0.2, 0.25) is 0 Å². The Morgan fingerprint density at radius 2 is 0.917 bits per heavy atom. The average molecular weight is 677 g/mol. The molecule has 0 saturated heterocycles. The Balaban J connectivity index is 0.000000710. The third-order valence-corrected chi connectivity index (χ3v) is 6.11. The Labute approximate surface area is 283 Å². The van der Waals surface area contributed by atoms with Crippen molar-refractivity contribution in [3.63, 3.8) is 0 Å². The number of benzene rings is 2. The second-order valence-electron chi connectivity index (χ2n) is 14.1. The average Bonchev–Trinajstić information content (AvgIpc) is 2.94. The van der Waals surface area contributed by atoms with E-state index in [0.29, 0.717) is 5.56 Å². The van der Waals surface area contributed by atoms with Crippen LogP contribution in [0.25, 0.3) is 0 Å². The van der Waals surface area contributed by atoms with Crippen molar-refractivity contribution in [2.75, 3.05) is 13.1 Å². The van der Waals surface area contributed by atoms with Crippen molar-refractivity contribution in [3.05, 3.63) is 71.8 Å². The molecule has 0 radical (unpaired) electrons. The van der Waals surface area contributed by atoms with Gasteiger partial charge in [-0.25, -0.2) is 14.4 Å². The van der Waals surface area contributed by atoms with E-state index in [9.17, 15) is 29.1 Å². The molecular weight excluding hydrogens is 624 g/mol. The first-order chi connectivity index (χ1) is 21.8. The summed E-state index contributed by atoms with van der Waals surface area (Å²) in [5, 5.41) is 21.0. The van der Waals surface area contributed by atoms with Gasteiger partial charge in [0.15, 0.2) is 0 Å². The third kappa shape index (κ3) is 16.8. The second kappa shape index (κ2) is 18.0. The van der Waals surface area contributed by atoms with E-state index in [2.05, 4.69) is 10.1 Å². The van der Waals surface area contributed by atoms with Crippen molar-refractivity contribution in [2.24, 2.45) is 5.73 Å². The highest BCUT2D eigenvalue weighted by Crippen LogP contribution is 2.24.